The number of aromatic nitrogens is 13. The molecule has 0 saturated carbocycles. The molecule has 4 aromatic carbocycles. The van der Waals surface area contributed by atoms with Crippen molar-refractivity contribution in [2.24, 2.45) is 31.3 Å². The third kappa shape index (κ3) is 25.2. The van der Waals surface area contributed by atoms with E-state index >= 15 is 0 Å². The molecule has 760 valence electrons. The van der Waals surface area contributed by atoms with Crippen LogP contribution in [0.2, 0.25) is 10.0 Å². The van der Waals surface area contributed by atoms with E-state index in [0.717, 1.165) is 22.8 Å². The van der Waals surface area contributed by atoms with Gasteiger partial charge < -0.3 is 108 Å². The number of primary amides is 3. The number of aliphatic carboxylic acids is 4. The smallest absolute Gasteiger partial charge is 0.312 e. The number of halogens is 2. The van der Waals surface area contributed by atoms with Crippen LogP contribution < -0.4 is 74.5 Å². The lowest BCUT2D eigenvalue weighted by molar-refractivity contribution is -0.143. The number of nitrogens with one attached hydrogen (secondary N) is 9. The number of ether oxygens (including phenoxy) is 2. The van der Waals surface area contributed by atoms with E-state index < -0.39 is 139 Å². The highest BCUT2D eigenvalue weighted by Gasteiger charge is 2.37. The first-order valence-corrected chi connectivity index (χ1v) is 46.9. The Hall–Kier alpha value is -16.2. The van der Waals surface area contributed by atoms with E-state index in [1.807, 2.05) is 29.4 Å². The highest BCUT2D eigenvalue weighted by Crippen LogP contribution is 2.42. The van der Waals surface area contributed by atoms with Crippen LogP contribution in [0.3, 0.4) is 0 Å². The Labute approximate surface area is 830 Å². The Morgan fingerprint density at radius 1 is 0.535 bits per heavy atom. The number of nitrogens with zero attached hydrogens (tertiary/aromatic N) is 15. The molecule has 4 atom stereocenters. The lowest BCUT2D eigenvalue weighted by Gasteiger charge is -2.27. The molecule has 13 rings (SSSR count). The molecule has 144 heavy (non-hydrogen) atoms. The van der Waals surface area contributed by atoms with E-state index in [1.54, 1.807) is 113 Å². The Bertz CT molecular complexity index is 6910. The van der Waals surface area contributed by atoms with Gasteiger partial charge in [-0.25, -0.2) is 29.7 Å². The molecule has 48 nitrogen and oxygen atoms in total. The predicted octanol–water partition coefficient (Wildman–Crippen LogP) is 5.07. The highest BCUT2D eigenvalue weighted by atomic mass is 35.5. The topological polar surface area (TPSA) is 668 Å². The van der Waals surface area contributed by atoms with Crippen LogP contribution in [0.5, 0.6) is 11.5 Å². The van der Waals surface area contributed by atoms with Crippen LogP contribution in [0.1, 0.15) is 165 Å². The first-order chi connectivity index (χ1) is 68.8. The SMILES string of the molecule is CCn1nc(C)cc1C(=O)Nc1nc2cc(C(N)=O)cc(OCCCNC(=O)[C@H](CC(=O)O)NC(=O)[C@H](CC(=O)O)NC(=O)[C@H](CCCNC(N)=O)NC(=O)[C@H](CC(=O)O)NC(=O)CCCN3CCc4c(nc(C(=O)Nc5cccc(-c6cccc(NC(=O)c7nc8c(n7C)CCN(CCCC(=O)O)C8)c6Cl)c5Cl)n4C)C3)c2n1C/C=C/Cn1c2nc(-c3cc(C)nn3CC)ncc2c2cc(C(N)=O)cc(OC)c21. The molecule has 11 aromatic rings. The molecule has 0 unspecified atom stereocenters. The van der Waals surface area contributed by atoms with Crippen LogP contribution in [0, 0.1) is 13.8 Å². The van der Waals surface area contributed by atoms with E-state index in [4.69, 9.17) is 74.9 Å². The molecule has 0 fully saturated rings. The molecular weight excluding hydrogens is 1910 g/mol. The van der Waals surface area contributed by atoms with E-state index in [-0.39, 0.29) is 151 Å². The number of methoxy groups -OCH3 is 1. The van der Waals surface area contributed by atoms with Crippen molar-refractivity contribution in [3.05, 3.63) is 164 Å². The summed E-state index contributed by atoms with van der Waals surface area (Å²) in [5.74, 6) is -14.0. The molecule has 50 heteroatoms. The van der Waals surface area contributed by atoms with Crippen molar-refractivity contribution in [2.45, 2.75) is 168 Å². The first-order valence-electron chi connectivity index (χ1n) is 46.1. The molecule has 0 radical (unpaired) electrons. The number of hydrogen-bond donors (Lipinski definition) is 16. The van der Waals surface area contributed by atoms with Gasteiger partial charge in [-0.2, -0.15) is 10.2 Å². The summed E-state index contributed by atoms with van der Waals surface area (Å²) < 4.78 is 22.4. The second kappa shape index (κ2) is 46.9. The van der Waals surface area contributed by atoms with Crippen molar-refractivity contribution in [3.8, 4) is 34.1 Å². The molecule has 2 aliphatic rings. The molecule has 0 bridgehead atoms. The summed E-state index contributed by atoms with van der Waals surface area (Å²) >= 11 is 14.1. The lowest BCUT2D eigenvalue weighted by Crippen LogP contribution is -2.59. The molecule has 0 spiro atoms. The van der Waals surface area contributed by atoms with Crippen molar-refractivity contribution < 1.29 is 102 Å². The number of aryl methyl sites for hydroxylation is 4. The van der Waals surface area contributed by atoms with Gasteiger partial charge in [0.2, 0.25) is 47.3 Å². The fourth-order valence-electron chi connectivity index (χ4n) is 17.3. The number of fused-ring (bicyclic) bond motifs is 6. The average molecular weight is 2020 g/mol. The number of carbonyl (C=O) groups excluding carboxylic acids is 11. The van der Waals surface area contributed by atoms with Gasteiger partial charge in [-0.05, 0) is 121 Å². The number of allylic oxidation sites excluding steroid dienone is 2. The number of hydrogen-bond acceptors (Lipinski definition) is 26. The average Bonchev–Trinajstić information content (AvgIpc) is 1.58. The molecule has 0 saturated heterocycles. The Morgan fingerprint density at radius 3 is 1.61 bits per heavy atom. The number of carboxylic acids is 4. The first kappa shape index (κ1) is 105. The molecular formula is C94H109Cl2N27O21. The maximum atomic E-state index is 14.4. The number of carboxylic acid groups (broad SMARTS) is 4. The maximum Gasteiger partial charge on any atom is 0.312 e. The van der Waals surface area contributed by atoms with Crippen molar-refractivity contribution in [2.75, 3.05) is 68.9 Å². The summed E-state index contributed by atoms with van der Waals surface area (Å²) in [5, 5.41) is 72.3. The zero-order chi connectivity index (χ0) is 104. The summed E-state index contributed by atoms with van der Waals surface area (Å²) in [6, 6.07) is 10.6. The standard InChI is InChI=1S/C94H109Cl2N27O21/c1-8-122-67(36-48(3)114-122)82-102-45-55-54-38-50(80(97)133)40-69(143-7)78(54)120(83(55)112-82)31-10-11-32-121-79-59(111-94(121)113-90(139)68-37-49(4)115-123(68)9-2)39-51(81(98)134)41-70(79)144-35-17-28-100-86(135)60(42-73(127)128)109-89(138)62(44-75(131)132)110-87(136)58(22-14-27-101-93(99)142)108-88(137)61(43-74(129)130)103-71(124)23-15-29-118-33-25-65-63(46-118)104-84(116(65)5)91(140)106-56-20-12-18-52(76(56)95)53-19-13-21-57(77(53)96)107-92(141)85-105-64-47-119(30-16-24-72(125)126)34-26-66(64)117(85)6/h10-13,18-21,36-41,45,58,60-62H,8-9,14-17,22-35,42-44,46-47H2,1-7H3,(H2,97,133)(H2,98,134)(H,100,135)(H,103,124)(H,106,140)(H,107,141)(H,108,137)(H,109,138)(H,110,136)(H,125,126)(H,127,128)(H,129,130)(H,131,132)(H3,99,101,142)(H,111,113,139)/b11-10+/t58-,60-,61-,62-/m0/s1. The zero-order valence-electron chi connectivity index (χ0n) is 79.6. The van der Waals surface area contributed by atoms with E-state index in [9.17, 15) is 87.2 Å². The molecule has 12 amide bonds. The number of imidazole rings is 3. The van der Waals surface area contributed by atoms with Crippen LogP contribution in [0.25, 0.3) is 55.6 Å². The Kier molecular flexibility index (Phi) is 34.2. The largest absolute Gasteiger partial charge is 0.495 e. The van der Waals surface area contributed by atoms with Gasteiger partial charge >= 0.3 is 29.9 Å². The van der Waals surface area contributed by atoms with Gasteiger partial charge in [-0.15, -0.1) is 0 Å². The second-order valence-electron chi connectivity index (χ2n) is 34.3. The van der Waals surface area contributed by atoms with Crippen molar-refractivity contribution in [1.29, 1.82) is 0 Å². The third-order valence-electron chi connectivity index (χ3n) is 24.2. The Morgan fingerprint density at radius 2 is 1.06 bits per heavy atom. The summed E-state index contributed by atoms with van der Waals surface area (Å²) in [4.78, 5) is 226. The molecule has 19 N–H and O–H groups in total. The monoisotopic (exact) mass is 2020 g/mol. The fourth-order valence-corrected chi connectivity index (χ4v) is 17.8. The normalized spacial score (nSPS) is 13.4. The minimum Gasteiger partial charge on any atom is -0.495 e. The van der Waals surface area contributed by atoms with Crippen molar-refractivity contribution in [3.63, 3.8) is 0 Å². The van der Waals surface area contributed by atoms with Crippen LogP contribution in [0.4, 0.5) is 22.1 Å². The van der Waals surface area contributed by atoms with Gasteiger partial charge in [0.25, 0.3) is 17.7 Å². The number of anilines is 3. The van der Waals surface area contributed by atoms with Crippen LogP contribution >= 0.6 is 23.2 Å². The summed E-state index contributed by atoms with van der Waals surface area (Å²) in [5.41, 5.74) is 24.8. The fraction of sp³-hybridized carbons (Fsp3) is 0.383. The van der Waals surface area contributed by atoms with Gasteiger partial charge in [-0.1, -0.05) is 59.6 Å². The number of urea groups is 1. The Balaban J connectivity index is 0.629. The molecule has 2 aliphatic heterocycles. The highest BCUT2D eigenvalue weighted by molar-refractivity contribution is 6.40. The number of amides is 12. The summed E-state index contributed by atoms with van der Waals surface area (Å²) in [6.07, 6.45) is 2.69. The van der Waals surface area contributed by atoms with Crippen LogP contribution in [0.15, 0.2) is 91.1 Å². The van der Waals surface area contributed by atoms with E-state index in [2.05, 4.69) is 67.9 Å². The number of rotatable bonds is 48. The minimum absolute atomic E-state index is 0.00961. The zero-order valence-corrected chi connectivity index (χ0v) is 81.1. The van der Waals surface area contributed by atoms with Gasteiger partial charge in [-0.3, -0.25) is 91.6 Å². The molecule has 7 aromatic heterocycles. The lowest BCUT2D eigenvalue weighted by atomic mass is 10.0. The van der Waals surface area contributed by atoms with E-state index in [1.165, 1.54) is 30.0 Å². The maximum absolute atomic E-state index is 14.4. The number of carbonyl (C=O) groups is 15. The summed E-state index contributed by atoms with van der Waals surface area (Å²) in [7, 11) is 4.89. The third-order valence-corrected chi connectivity index (χ3v) is 25.0. The number of benzene rings is 4. The predicted molar refractivity (Wildman–Crippen MR) is 522 cm³/mol. The van der Waals surface area contributed by atoms with Crippen molar-refractivity contribution in [1.82, 2.24) is 104 Å². The summed E-state index contributed by atoms with van der Waals surface area (Å²) in [6.45, 7) is 10.1. The van der Waals surface area contributed by atoms with Crippen LogP contribution in [-0.2, 0) is 109 Å². The quantitative estimate of drug-likeness (QED) is 0.0175. The van der Waals surface area contributed by atoms with Gasteiger partial charge in [0, 0.05) is 156 Å². The minimum atomic E-state index is -2.12. The molecule has 0 aliphatic carbocycles. The van der Waals surface area contributed by atoms with Gasteiger partial charge in [0.15, 0.2) is 17.5 Å². The van der Waals surface area contributed by atoms with Gasteiger partial charge in [0.05, 0.1) is 88.2 Å². The second-order valence-corrected chi connectivity index (χ2v) is 35.1. The van der Waals surface area contributed by atoms with Gasteiger partial charge in [0.1, 0.15) is 58.2 Å². The number of nitrogens with two attached hydrogens (primary N) is 3. The van der Waals surface area contributed by atoms with Crippen molar-refractivity contribution >= 4 is 162 Å². The van der Waals surface area contributed by atoms with E-state index in [0.29, 0.717) is 120 Å². The van der Waals surface area contributed by atoms with Crippen LogP contribution in [-0.4, -0.2) is 259 Å². The molecule has 9 heterocycles.